The molecule has 0 heterocycles. The number of rotatable bonds is 5. The van der Waals surface area contributed by atoms with Gasteiger partial charge in [-0.15, -0.1) is 0 Å². The summed E-state index contributed by atoms with van der Waals surface area (Å²) in [4.78, 5) is 0. The predicted molar refractivity (Wildman–Crippen MR) is 74.5 cm³/mol. The van der Waals surface area contributed by atoms with Gasteiger partial charge < -0.3 is 5.32 Å². The molecular formula is C16H25N. The van der Waals surface area contributed by atoms with Crippen LogP contribution in [0.15, 0.2) is 18.2 Å². The molecule has 1 aromatic rings. The quantitative estimate of drug-likeness (QED) is 0.816. The Morgan fingerprint density at radius 2 is 1.71 bits per heavy atom. The third-order valence-corrected chi connectivity index (χ3v) is 3.70. The lowest BCUT2D eigenvalue weighted by atomic mass is 9.92. The van der Waals surface area contributed by atoms with E-state index in [-0.39, 0.29) is 0 Å². The van der Waals surface area contributed by atoms with Crippen molar-refractivity contribution in [3.05, 3.63) is 34.9 Å². The van der Waals surface area contributed by atoms with E-state index in [9.17, 15) is 0 Å². The summed E-state index contributed by atoms with van der Waals surface area (Å²) >= 11 is 0. The van der Waals surface area contributed by atoms with Gasteiger partial charge >= 0.3 is 0 Å². The van der Waals surface area contributed by atoms with Crippen LogP contribution < -0.4 is 5.32 Å². The molecule has 2 rings (SSSR count). The van der Waals surface area contributed by atoms with E-state index in [4.69, 9.17) is 0 Å². The summed E-state index contributed by atoms with van der Waals surface area (Å²) in [5.41, 5.74) is 4.79. The summed E-state index contributed by atoms with van der Waals surface area (Å²) in [7, 11) is 0. The minimum absolute atomic E-state index is 0.450. The average Bonchev–Trinajstić information content (AvgIpc) is 2.97. The number of aryl methyl sites for hydroxylation is 2. The molecule has 17 heavy (non-hydrogen) atoms. The maximum absolute atomic E-state index is 3.63. The average molecular weight is 231 g/mol. The molecule has 0 spiro atoms. The highest BCUT2D eigenvalue weighted by Gasteiger charge is 2.43. The molecule has 0 amide bonds. The Bertz CT molecular complexity index is 368. The van der Waals surface area contributed by atoms with Gasteiger partial charge in [-0.2, -0.15) is 0 Å². The molecule has 94 valence electrons. The monoisotopic (exact) mass is 231 g/mol. The molecule has 0 unspecified atom stereocenters. The van der Waals surface area contributed by atoms with E-state index in [0.717, 1.165) is 19.0 Å². The summed E-state index contributed by atoms with van der Waals surface area (Å²) in [5, 5.41) is 3.63. The first kappa shape index (κ1) is 12.6. The van der Waals surface area contributed by atoms with Gasteiger partial charge in [-0.25, -0.2) is 0 Å². The van der Waals surface area contributed by atoms with Crippen LogP contribution in [0.2, 0.25) is 0 Å². The van der Waals surface area contributed by atoms with Crippen LogP contribution in [-0.2, 0) is 5.41 Å². The summed E-state index contributed by atoms with van der Waals surface area (Å²) in [6.07, 6.45) is 2.70. The molecule has 1 aliphatic rings. The normalized spacial score (nSPS) is 17.5. The van der Waals surface area contributed by atoms with Gasteiger partial charge in [0.15, 0.2) is 0 Å². The minimum atomic E-state index is 0.450. The van der Waals surface area contributed by atoms with Gasteiger partial charge in [0, 0.05) is 12.0 Å². The zero-order chi connectivity index (χ0) is 12.5. The van der Waals surface area contributed by atoms with Crippen molar-refractivity contribution in [3.63, 3.8) is 0 Å². The number of nitrogens with one attached hydrogen (secondary N) is 1. The van der Waals surface area contributed by atoms with E-state index in [1.165, 1.54) is 24.0 Å². The summed E-state index contributed by atoms with van der Waals surface area (Å²) < 4.78 is 0. The smallest absolute Gasteiger partial charge is 0.00786 e. The highest BCUT2D eigenvalue weighted by Crippen LogP contribution is 2.48. The molecule has 1 nitrogen and oxygen atoms in total. The summed E-state index contributed by atoms with van der Waals surface area (Å²) in [6, 6.07) is 7.01. The van der Waals surface area contributed by atoms with E-state index in [2.05, 4.69) is 51.2 Å². The highest BCUT2D eigenvalue weighted by atomic mass is 14.9. The van der Waals surface area contributed by atoms with Gasteiger partial charge in [0.2, 0.25) is 0 Å². The lowest BCUT2D eigenvalue weighted by molar-refractivity contribution is 0.509. The molecule has 0 bridgehead atoms. The van der Waals surface area contributed by atoms with Gasteiger partial charge in [0.05, 0.1) is 0 Å². The molecule has 0 saturated heterocycles. The van der Waals surface area contributed by atoms with Crippen molar-refractivity contribution >= 4 is 0 Å². The van der Waals surface area contributed by atoms with Gasteiger partial charge in [0.25, 0.3) is 0 Å². The Morgan fingerprint density at radius 1 is 1.12 bits per heavy atom. The van der Waals surface area contributed by atoms with Crippen molar-refractivity contribution < 1.29 is 0 Å². The van der Waals surface area contributed by atoms with E-state index < -0.39 is 0 Å². The zero-order valence-electron chi connectivity index (χ0n) is 11.6. The maximum Gasteiger partial charge on any atom is 0.00786 e. The fraction of sp³-hybridized carbons (Fsp3) is 0.625. The number of hydrogen-bond acceptors (Lipinski definition) is 1. The number of benzene rings is 1. The van der Waals surface area contributed by atoms with Gasteiger partial charge in [-0.05, 0) is 44.7 Å². The topological polar surface area (TPSA) is 12.0 Å². The molecule has 1 N–H and O–H groups in total. The fourth-order valence-corrected chi connectivity index (χ4v) is 2.60. The Hall–Kier alpha value is -0.820. The summed E-state index contributed by atoms with van der Waals surface area (Å²) in [6.45, 7) is 11.2. The second kappa shape index (κ2) is 4.81. The van der Waals surface area contributed by atoms with Crippen LogP contribution in [0, 0.1) is 19.8 Å². The lowest BCUT2D eigenvalue weighted by Crippen LogP contribution is -2.29. The SMILES string of the molecule is Cc1cc(C)cc(C2(CNCC(C)C)CC2)c1. The molecule has 1 heteroatoms. The van der Waals surface area contributed by atoms with Gasteiger partial charge in [0.1, 0.15) is 0 Å². The van der Waals surface area contributed by atoms with E-state index >= 15 is 0 Å². The third-order valence-electron chi connectivity index (χ3n) is 3.70. The van der Waals surface area contributed by atoms with Crippen molar-refractivity contribution in [2.45, 2.75) is 46.0 Å². The number of hydrogen-bond donors (Lipinski definition) is 1. The fourth-order valence-electron chi connectivity index (χ4n) is 2.60. The van der Waals surface area contributed by atoms with Crippen molar-refractivity contribution in [1.29, 1.82) is 0 Å². The molecule has 0 aromatic heterocycles. The Kier molecular flexibility index (Phi) is 3.58. The molecule has 1 saturated carbocycles. The zero-order valence-corrected chi connectivity index (χ0v) is 11.6. The van der Waals surface area contributed by atoms with Crippen molar-refractivity contribution in [1.82, 2.24) is 5.32 Å². The first-order valence-corrected chi connectivity index (χ1v) is 6.81. The van der Waals surface area contributed by atoms with Crippen LogP contribution in [0.4, 0.5) is 0 Å². The standard InChI is InChI=1S/C16H25N/c1-12(2)10-17-11-16(5-6-16)15-8-13(3)7-14(4)9-15/h7-9,12,17H,5-6,10-11H2,1-4H3. The van der Waals surface area contributed by atoms with E-state index in [1.807, 2.05) is 0 Å². The maximum atomic E-state index is 3.63. The summed E-state index contributed by atoms with van der Waals surface area (Å²) in [5.74, 6) is 0.741. The molecule has 1 fully saturated rings. The van der Waals surface area contributed by atoms with Crippen LogP contribution in [-0.4, -0.2) is 13.1 Å². The molecular weight excluding hydrogens is 206 g/mol. The first-order chi connectivity index (χ1) is 8.02. The highest BCUT2D eigenvalue weighted by molar-refractivity contribution is 5.38. The second-order valence-electron chi connectivity index (χ2n) is 6.18. The van der Waals surface area contributed by atoms with Crippen molar-refractivity contribution in [3.8, 4) is 0 Å². The Morgan fingerprint density at radius 3 is 2.18 bits per heavy atom. The van der Waals surface area contributed by atoms with Crippen LogP contribution in [0.25, 0.3) is 0 Å². The molecule has 0 aliphatic heterocycles. The molecule has 0 atom stereocenters. The van der Waals surface area contributed by atoms with E-state index in [0.29, 0.717) is 5.41 Å². The second-order valence-corrected chi connectivity index (χ2v) is 6.18. The van der Waals surface area contributed by atoms with Crippen LogP contribution in [0.3, 0.4) is 0 Å². The molecule has 1 aromatic carbocycles. The van der Waals surface area contributed by atoms with Gasteiger partial charge in [-0.3, -0.25) is 0 Å². The van der Waals surface area contributed by atoms with Crippen molar-refractivity contribution in [2.75, 3.05) is 13.1 Å². The van der Waals surface area contributed by atoms with Crippen LogP contribution in [0.1, 0.15) is 43.4 Å². The largest absolute Gasteiger partial charge is 0.316 e. The van der Waals surface area contributed by atoms with Crippen molar-refractivity contribution in [2.24, 2.45) is 5.92 Å². The Balaban J connectivity index is 2.05. The minimum Gasteiger partial charge on any atom is -0.316 e. The molecule has 0 radical (unpaired) electrons. The predicted octanol–water partition coefficient (Wildman–Crippen LogP) is 3.58. The first-order valence-electron chi connectivity index (χ1n) is 6.81. The lowest BCUT2D eigenvalue weighted by Gasteiger charge is -2.19. The van der Waals surface area contributed by atoms with Crippen LogP contribution in [0.5, 0.6) is 0 Å². The van der Waals surface area contributed by atoms with Gasteiger partial charge in [-0.1, -0.05) is 43.2 Å². The Labute approximate surface area is 106 Å². The van der Waals surface area contributed by atoms with Crippen LogP contribution >= 0.6 is 0 Å². The van der Waals surface area contributed by atoms with E-state index in [1.54, 1.807) is 5.56 Å². The molecule has 1 aliphatic carbocycles. The third kappa shape index (κ3) is 3.10.